The van der Waals surface area contributed by atoms with Gasteiger partial charge in [0.1, 0.15) is 12.4 Å². The fourth-order valence-corrected chi connectivity index (χ4v) is 1.95. The summed E-state index contributed by atoms with van der Waals surface area (Å²) < 4.78 is 0. The number of fused-ring (bicyclic) bond motifs is 1. The monoisotopic (exact) mass is 225 g/mol. The number of pyridine rings is 1. The largest absolute Gasteiger partial charge is 0.323 e. The Morgan fingerprint density at radius 1 is 1.12 bits per heavy atom. The van der Waals surface area contributed by atoms with Gasteiger partial charge in [-0.25, -0.2) is 4.98 Å². The number of hydrogen-bond donors (Lipinski definition) is 1. The Morgan fingerprint density at radius 2 is 1.94 bits per heavy atom. The van der Waals surface area contributed by atoms with Crippen LogP contribution < -0.4 is 10.2 Å². The normalized spacial score (nSPS) is 14.1. The van der Waals surface area contributed by atoms with Gasteiger partial charge in [-0.1, -0.05) is 18.2 Å². The van der Waals surface area contributed by atoms with E-state index < -0.39 is 0 Å². The van der Waals surface area contributed by atoms with Crippen LogP contribution in [-0.2, 0) is 4.79 Å². The van der Waals surface area contributed by atoms with Crippen LogP contribution in [0.25, 0.3) is 0 Å². The Hall–Kier alpha value is -2.36. The van der Waals surface area contributed by atoms with Gasteiger partial charge in [0.05, 0.1) is 11.4 Å². The maximum Gasteiger partial charge on any atom is 0.244 e. The first kappa shape index (κ1) is 9.84. The number of hydrogen-bond acceptors (Lipinski definition) is 3. The Kier molecular flexibility index (Phi) is 2.26. The van der Waals surface area contributed by atoms with Crippen molar-refractivity contribution in [2.24, 2.45) is 0 Å². The Labute approximate surface area is 98.9 Å². The Balaban J connectivity index is 2.10. The number of amides is 1. The molecule has 17 heavy (non-hydrogen) atoms. The fraction of sp³-hybridized carbons (Fsp3) is 0.0769. The predicted octanol–water partition coefficient (Wildman–Crippen LogP) is 2.17. The molecule has 4 heteroatoms. The van der Waals surface area contributed by atoms with Crippen molar-refractivity contribution in [3.63, 3.8) is 0 Å². The van der Waals surface area contributed by atoms with Crippen molar-refractivity contribution < 1.29 is 4.79 Å². The molecule has 84 valence electrons. The zero-order valence-electron chi connectivity index (χ0n) is 9.13. The minimum absolute atomic E-state index is 0.0191. The second kappa shape index (κ2) is 3.90. The van der Waals surface area contributed by atoms with Crippen molar-refractivity contribution in [1.29, 1.82) is 0 Å². The number of nitrogens with one attached hydrogen (secondary N) is 1. The lowest BCUT2D eigenvalue weighted by Gasteiger charge is -2.29. The molecule has 1 aliphatic heterocycles. The zero-order valence-corrected chi connectivity index (χ0v) is 9.13. The van der Waals surface area contributed by atoms with Gasteiger partial charge in [-0.2, -0.15) is 0 Å². The quantitative estimate of drug-likeness (QED) is 0.809. The highest BCUT2D eigenvalue weighted by molar-refractivity contribution is 6.02. The van der Waals surface area contributed by atoms with Crippen molar-refractivity contribution in [2.45, 2.75) is 0 Å². The van der Waals surface area contributed by atoms with E-state index in [0.717, 1.165) is 17.2 Å². The van der Waals surface area contributed by atoms with Crippen molar-refractivity contribution >= 4 is 23.1 Å². The molecule has 1 aromatic carbocycles. The number of benzene rings is 1. The number of anilines is 3. The van der Waals surface area contributed by atoms with Crippen LogP contribution in [0.4, 0.5) is 17.2 Å². The van der Waals surface area contributed by atoms with Crippen LogP contribution in [0, 0.1) is 0 Å². The van der Waals surface area contributed by atoms with Crippen LogP contribution in [0.2, 0.25) is 0 Å². The summed E-state index contributed by atoms with van der Waals surface area (Å²) in [6, 6.07) is 13.4. The van der Waals surface area contributed by atoms with E-state index in [-0.39, 0.29) is 5.91 Å². The maximum atomic E-state index is 11.6. The van der Waals surface area contributed by atoms with Crippen molar-refractivity contribution in [1.82, 2.24) is 4.98 Å². The standard InChI is InChI=1S/C13H11N3O/c17-13-9-16(12-7-3-4-8-14-12)11-6-2-1-5-10(11)15-13/h1-8H,9H2,(H,15,17). The van der Waals surface area contributed by atoms with Crippen LogP contribution in [0.5, 0.6) is 0 Å². The summed E-state index contributed by atoms with van der Waals surface area (Å²) in [5.74, 6) is 0.768. The highest BCUT2D eigenvalue weighted by Gasteiger charge is 2.22. The molecule has 0 spiro atoms. The molecule has 2 aromatic rings. The molecule has 4 nitrogen and oxygen atoms in total. The fourth-order valence-electron chi connectivity index (χ4n) is 1.95. The summed E-state index contributed by atoms with van der Waals surface area (Å²) in [6.07, 6.45) is 1.73. The van der Waals surface area contributed by atoms with E-state index in [2.05, 4.69) is 10.3 Å². The van der Waals surface area contributed by atoms with Crippen LogP contribution in [-0.4, -0.2) is 17.4 Å². The Morgan fingerprint density at radius 3 is 2.76 bits per heavy atom. The third-order valence-electron chi connectivity index (χ3n) is 2.70. The first-order valence-electron chi connectivity index (χ1n) is 5.42. The van der Waals surface area contributed by atoms with Crippen LogP contribution >= 0.6 is 0 Å². The van der Waals surface area contributed by atoms with E-state index in [1.165, 1.54) is 0 Å². The summed E-state index contributed by atoms with van der Waals surface area (Å²) in [5, 5.41) is 2.85. The summed E-state index contributed by atoms with van der Waals surface area (Å²) >= 11 is 0. The SMILES string of the molecule is O=C1CN(c2ccccn2)c2ccccc2N1. The van der Waals surface area contributed by atoms with Crippen LogP contribution in [0.15, 0.2) is 48.7 Å². The molecule has 0 saturated carbocycles. The van der Waals surface area contributed by atoms with E-state index >= 15 is 0 Å². The van der Waals surface area contributed by atoms with Gasteiger partial charge >= 0.3 is 0 Å². The second-order valence-electron chi connectivity index (χ2n) is 3.84. The van der Waals surface area contributed by atoms with Crippen molar-refractivity contribution in [3.8, 4) is 0 Å². The number of aromatic nitrogens is 1. The molecule has 0 atom stereocenters. The summed E-state index contributed by atoms with van der Waals surface area (Å²) in [4.78, 5) is 17.8. The molecule has 0 aliphatic carbocycles. The second-order valence-corrected chi connectivity index (χ2v) is 3.84. The molecule has 0 saturated heterocycles. The predicted molar refractivity (Wildman–Crippen MR) is 66.3 cm³/mol. The van der Waals surface area contributed by atoms with Gasteiger partial charge in [-0.05, 0) is 24.3 Å². The van der Waals surface area contributed by atoms with Crippen LogP contribution in [0.1, 0.15) is 0 Å². The van der Waals surface area contributed by atoms with E-state index in [1.54, 1.807) is 6.20 Å². The summed E-state index contributed by atoms with van der Waals surface area (Å²) in [7, 11) is 0. The van der Waals surface area contributed by atoms with Gasteiger partial charge in [0.25, 0.3) is 0 Å². The van der Waals surface area contributed by atoms with E-state index in [4.69, 9.17) is 0 Å². The van der Waals surface area contributed by atoms with Gasteiger partial charge in [0, 0.05) is 6.20 Å². The van der Waals surface area contributed by atoms with Gasteiger partial charge < -0.3 is 10.2 Å². The molecule has 3 rings (SSSR count). The highest BCUT2D eigenvalue weighted by atomic mass is 16.2. The number of para-hydroxylation sites is 2. The molecule has 0 fully saturated rings. The minimum Gasteiger partial charge on any atom is -0.323 e. The van der Waals surface area contributed by atoms with Crippen LogP contribution in [0.3, 0.4) is 0 Å². The molecule has 1 N–H and O–H groups in total. The summed E-state index contributed by atoms with van der Waals surface area (Å²) in [6.45, 7) is 0.300. The van der Waals surface area contributed by atoms with E-state index in [0.29, 0.717) is 6.54 Å². The average molecular weight is 225 g/mol. The Bertz CT molecular complexity index is 554. The average Bonchev–Trinajstić information content (AvgIpc) is 2.39. The van der Waals surface area contributed by atoms with Gasteiger partial charge in [-0.15, -0.1) is 0 Å². The number of nitrogens with zero attached hydrogens (tertiary/aromatic N) is 2. The number of carbonyl (C=O) groups is 1. The van der Waals surface area contributed by atoms with Crippen molar-refractivity contribution in [2.75, 3.05) is 16.8 Å². The zero-order chi connectivity index (χ0) is 11.7. The lowest BCUT2D eigenvalue weighted by molar-refractivity contribution is -0.115. The first-order valence-corrected chi connectivity index (χ1v) is 5.42. The molecule has 2 heterocycles. The molecule has 0 radical (unpaired) electrons. The highest BCUT2D eigenvalue weighted by Crippen LogP contribution is 2.33. The minimum atomic E-state index is -0.0191. The van der Waals surface area contributed by atoms with Gasteiger partial charge in [-0.3, -0.25) is 4.79 Å². The first-order chi connectivity index (χ1) is 8.34. The smallest absolute Gasteiger partial charge is 0.244 e. The maximum absolute atomic E-state index is 11.6. The molecule has 1 aliphatic rings. The molecule has 0 unspecified atom stereocenters. The topological polar surface area (TPSA) is 45.2 Å². The molecule has 0 bridgehead atoms. The third kappa shape index (κ3) is 1.73. The number of rotatable bonds is 1. The van der Waals surface area contributed by atoms with E-state index in [1.807, 2.05) is 47.4 Å². The number of carbonyl (C=O) groups excluding carboxylic acids is 1. The van der Waals surface area contributed by atoms with Crippen molar-refractivity contribution in [3.05, 3.63) is 48.7 Å². The lowest BCUT2D eigenvalue weighted by atomic mass is 10.2. The molecular formula is C13H11N3O. The summed E-state index contributed by atoms with van der Waals surface area (Å²) in [5.41, 5.74) is 1.81. The van der Waals surface area contributed by atoms with Gasteiger partial charge in [0.15, 0.2) is 0 Å². The molecule has 1 amide bonds. The van der Waals surface area contributed by atoms with E-state index in [9.17, 15) is 4.79 Å². The molecular weight excluding hydrogens is 214 g/mol. The lowest BCUT2D eigenvalue weighted by Crippen LogP contribution is -2.35. The molecule has 1 aromatic heterocycles. The van der Waals surface area contributed by atoms with Gasteiger partial charge in [0.2, 0.25) is 5.91 Å². The third-order valence-corrected chi connectivity index (χ3v) is 2.70.